The normalized spacial score (nSPS) is 33.3. The van der Waals surface area contributed by atoms with Crippen molar-refractivity contribution >= 4 is 12.1 Å². The summed E-state index contributed by atoms with van der Waals surface area (Å²) in [6.45, 7) is -1.40. The van der Waals surface area contributed by atoms with E-state index in [2.05, 4.69) is 20.1 Å². The van der Waals surface area contributed by atoms with E-state index >= 15 is 0 Å². The molecule has 4 N–H and O–H groups in total. The Bertz CT molecular complexity index is 569. The fourth-order valence-corrected chi connectivity index (χ4v) is 2.75. The number of methoxy groups -OCH3 is 1. The third-order valence-corrected chi connectivity index (χ3v) is 3.93. The van der Waals surface area contributed by atoms with E-state index in [1.807, 2.05) is 0 Å². The number of aliphatic hydroxyl groups excluding tert-OH is 3. The minimum Gasteiger partial charge on any atom is -0.465 e. The van der Waals surface area contributed by atoms with Gasteiger partial charge < -0.3 is 39.6 Å². The van der Waals surface area contributed by atoms with Crippen molar-refractivity contribution in [1.29, 1.82) is 0 Å². The van der Waals surface area contributed by atoms with Gasteiger partial charge in [0, 0.05) is 4.91 Å². The zero-order valence-corrected chi connectivity index (χ0v) is 13.1. The number of ether oxygens (including phenoxy) is 4. The first-order valence-electron chi connectivity index (χ1n) is 7.23. The van der Waals surface area contributed by atoms with Crippen LogP contribution in [0.1, 0.15) is 6.42 Å². The third kappa shape index (κ3) is 3.76. The quantitative estimate of drug-likeness (QED) is 0.173. The molecule has 1 amide bonds. The van der Waals surface area contributed by atoms with Crippen molar-refractivity contribution in [3.63, 3.8) is 0 Å². The van der Waals surface area contributed by atoms with Gasteiger partial charge in [0.05, 0.1) is 26.2 Å². The lowest BCUT2D eigenvalue weighted by Crippen LogP contribution is -2.65. The zero-order valence-electron chi connectivity index (χ0n) is 13.1. The Labute approximate surface area is 141 Å². The number of carbonyl (C=O) groups is 2. The lowest BCUT2D eigenvalue weighted by atomic mass is 9.89. The van der Waals surface area contributed by atoms with Gasteiger partial charge in [-0.3, -0.25) is 0 Å². The molecule has 13 heteroatoms. The second-order valence-corrected chi connectivity index (χ2v) is 5.39. The van der Waals surface area contributed by atoms with E-state index in [0.717, 1.165) is 7.11 Å². The summed E-state index contributed by atoms with van der Waals surface area (Å²) in [5.74, 6) is -3.16. The smallest absolute Gasteiger partial charge is 0.407 e. The number of aliphatic hydroxyl groups is 3. The van der Waals surface area contributed by atoms with Crippen LogP contribution < -0.4 is 5.32 Å². The van der Waals surface area contributed by atoms with Gasteiger partial charge in [-0.2, -0.15) is 0 Å². The van der Waals surface area contributed by atoms with Gasteiger partial charge in [0.15, 0.2) is 0 Å². The van der Waals surface area contributed by atoms with Crippen molar-refractivity contribution in [2.24, 2.45) is 5.11 Å². The Balaban J connectivity index is 2.35. The van der Waals surface area contributed by atoms with Gasteiger partial charge in [-0.25, -0.2) is 9.59 Å². The van der Waals surface area contributed by atoms with Crippen molar-refractivity contribution in [3.8, 4) is 0 Å². The predicted molar refractivity (Wildman–Crippen MR) is 75.6 cm³/mol. The van der Waals surface area contributed by atoms with Crippen molar-refractivity contribution in [2.75, 3.05) is 20.4 Å². The molecule has 25 heavy (non-hydrogen) atoms. The molecule has 6 atom stereocenters. The Morgan fingerprint density at radius 1 is 1.60 bits per heavy atom. The minimum atomic E-state index is -2.14. The fraction of sp³-hybridized carbons (Fsp3) is 0.833. The van der Waals surface area contributed by atoms with Crippen LogP contribution in [0.2, 0.25) is 0 Å². The molecule has 0 aromatic heterocycles. The zero-order chi connectivity index (χ0) is 18.6. The maximum atomic E-state index is 12.2. The Hall–Kier alpha value is -2.15. The molecule has 2 aliphatic heterocycles. The molecule has 0 aromatic carbocycles. The second kappa shape index (κ2) is 7.82. The maximum absolute atomic E-state index is 12.2. The summed E-state index contributed by atoms with van der Waals surface area (Å²) in [7, 11) is 1.06. The van der Waals surface area contributed by atoms with Crippen molar-refractivity contribution in [3.05, 3.63) is 10.4 Å². The first-order chi connectivity index (χ1) is 11.9. The Kier molecular flexibility index (Phi) is 6.00. The molecule has 2 rings (SSSR count). The van der Waals surface area contributed by atoms with Gasteiger partial charge in [-0.05, 0) is 5.53 Å². The number of esters is 1. The van der Waals surface area contributed by atoms with Gasteiger partial charge in [0.2, 0.25) is 0 Å². The average molecular weight is 362 g/mol. The molecule has 0 saturated carbocycles. The highest BCUT2D eigenvalue weighted by atomic mass is 16.7. The first-order valence-corrected chi connectivity index (χ1v) is 7.23. The number of fused-ring (bicyclic) bond motifs is 1. The van der Waals surface area contributed by atoms with Crippen molar-refractivity contribution < 1.29 is 43.9 Å². The highest BCUT2D eigenvalue weighted by molar-refractivity contribution is 5.79. The first kappa shape index (κ1) is 19.2. The van der Waals surface area contributed by atoms with E-state index in [4.69, 9.17) is 24.8 Å². The number of carbonyl (C=O) groups excluding carboxylic acids is 2. The number of alkyl carbamates (subject to hydrolysis) is 1. The summed E-state index contributed by atoms with van der Waals surface area (Å²) in [6, 6.07) is -0.912. The molecular weight excluding hydrogens is 344 g/mol. The molecule has 2 saturated heterocycles. The molecule has 0 aromatic rings. The summed E-state index contributed by atoms with van der Waals surface area (Å²) in [5, 5.41) is 34.5. The van der Waals surface area contributed by atoms with E-state index in [-0.39, 0.29) is 6.42 Å². The molecule has 0 radical (unpaired) electrons. The number of hydrogen-bond donors (Lipinski definition) is 4. The molecule has 2 aliphatic rings. The van der Waals surface area contributed by atoms with E-state index in [1.54, 1.807) is 0 Å². The van der Waals surface area contributed by atoms with Crippen LogP contribution in [0.25, 0.3) is 10.4 Å². The van der Waals surface area contributed by atoms with Crippen LogP contribution in [0.15, 0.2) is 5.11 Å². The van der Waals surface area contributed by atoms with Crippen LogP contribution in [0, 0.1) is 0 Å². The number of hydrogen-bond acceptors (Lipinski definition) is 10. The molecule has 13 nitrogen and oxygen atoms in total. The van der Waals surface area contributed by atoms with Crippen molar-refractivity contribution in [1.82, 2.24) is 5.32 Å². The molecule has 2 unspecified atom stereocenters. The molecule has 0 spiro atoms. The SMILES string of the molecule is COC(=O)C1(OCN=[N+]=[N-])CC2OC(=O)N[C@H]2[C@H]([C@H](O)[C@H](O)CO)O1. The lowest BCUT2D eigenvalue weighted by molar-refractivity contribution is -0.306. The van der Waals surface area contributed by atoms with E-state index in [9.17, 15) is 19.8 Å². The minimum absolute atomic E-state index is 0.303. The molecule has 2 fully saturated rings. The van der Waals surface area contributed by atoms with Crippen molar-refractivity contribution in [2.45, 2.75) is 42.7 Å². The Morgan fingerprint density at radius 2 is 2.32 bits per heavy atom. The molecule has 0 aliphatic carbocycles. The number of nitrogens with zero attached hydrogens (tertiary/aromatic N) is 3. The third-order valence-electron chi connectivity index (χ3n) is 3.93. The van der Waals surface area contributed by atoms with Gasteiger partial charge in [0.1, 0.15) is 31.1 Å². The summed E-state index contributed by atoms with van der Waals surface area (Å²) in [4.78, 5) is 26.2. The summed E-state index contributed by atoms with van der Waals surface area (Å²) in [6.07, 6.45) is -6.76. The number of azide groups is 1. The number of rotatable bonds is 7. The molecular formula is C12H18N4O9. The highest BCUT2D eigenvalue weighted by Crippen LogP contribution is 2.37. The maximum Gasteiger partial charge on any atom is 0.407 e. The van der Waals surface area contributed by atoms with Gasteiger partial charge in [0.25, 0.3) is 5.79 Å². The molecule has 140 valence electrons. The standard InChI is InChI=1S/C12H18N4O9/c1-22-10(20)12(23-4-14-16-13)2-6-7(15-11(21)24-6)9(25-12)8(19)5(18)3-17/h5-9,17-19H,2-4H2,1H3,(H,15,21)/t5-,6?,7-,8-,9-,12?/m1/s1. The second-order valence-electron chi connectivity index (χ2n) is 5.39. The summed E-state index contributed by atoms with van der Waals surface area (Å²) in [5.41, 5.74) is 8.35. The lowest BCUT2D eigenvalue weighted by Gasteiger charge is -2.44. The molecule has 0 bridgehead atoms. The summed E-state index contributed by atoms with van der Waals surface area (Å²) >= 11 is 0. The summed E-state index contributed by atoms with van der Waals surface area (Å²) < 4.78 is 20.4. The van der Waals surface area contributed by atoms with Crippen LogP contribution >= 0.6 is 0 Å². The highest BCUT2D eigenvalue weighted by Gasteiger charge is 2.59. The number of amides is 1. The van der Waals surface area contributed by atoms with Crippen LogP contribution in [0.3, 0.4) is 0 Å². The topological polar surface area (TPSA) is 193 Å². The van der Waals surface area contributed by atoms with Crippen LogP contribution in [0.5, 0.6) is 0 Å². The Morgan fingerprint density at radius 3 is 2.92 bits per heavy atom. The predicted octanol–water partition coefficient (Wildman–Crippen LogP) is -1.88. The van der Waals surface area contributed by atoms with Crippen LogP contribution in [-0.4, -0.2) is 84.1 Å². The number of nitrogens with one attached hydrogen (secondary N) is 1. The average Bonchev–Trinajstić information content (AvgIpc) is 2.98. The van der Waals surface area contributed by atoms with E-state index in [1.165, 1.54) is 0 Å². The monoisotopic (exact) mass is 362 g/mol. The fourth-order valence-electron chi connectivity index (χ4n) is 2.75. The largest absolute Gasteiger partial charge is 0.465 e. The molecule has 2 heterocycles. The van der Waals surface area contributed by atoms with Crippen LogP contribution in [0.4, 0.5) is 4.79 Å². The van der Waals surface area contributed by atoms with E-state index in [0.29, 0.717) is 0 Å². The van der Waals surface area contributed by atoms with Gasteiger partial charge in [-0.15, -0.1) is 0 Å². The van der Waals surface area contributed by atoms with Crippen LogP contribution in [-0.2, 0) is 23.7 Å². The van der Waals surface area contributed by atoms with Gasteiger partial charge >= 0.3 is 12.1 Å². The van der Waals surface area contributed by atoms with E-state index < -0.39 is 61.6 Å². The van der Waals surface area contributed by atoms with Gasteiger partial charge in [-0.1, -0.05) is 5.11 Å².